The Labute approximate surface area is 166 Å². The summed E-state index contributed by atoms with van der Waals surface area (Å²) in [4.78, 5) is 24.5. The van der Waals surface area contributed by atoms with Crippen LogP contribution in [0.3, 0.4) is 0 Å². The first-order valence-corrected chi connectivity index (χ1v) is 9.65. The average molecular weight is 453 g/mol. The van der Waals surface area contributed by atoms with Gasteiger partial charge in [-0.05, 0) is 53.8 Å². The molecular formula is C18H16BrFN3O3S+. The largest absolute Gasteiger partial charge is 0.442 e. The monoisotopic (exact) mass is 452 g/mol. The predicted molar refractivity (Wildman–Crippen MR) is 104 cm³/mol. The van der Waals surface area contributed by atoms with Crippen molar-refractivity contribution in [2.24, 2.45) is 0 Å². The zero-order chi connectivity index (χ0) is 19.6. The maximum absolute atomic E-state index is 13.9. The number of aromatic amines is 1. The molecule has 1 heterocycles. The minimum atomic E-state index is -0.663. The summed E-state index contributed by atoms with van der Waals surface area (Å²) in [7, 11) is 0. The molecule has 3 aromatic rings. The molecule has 0 bridgehead atoms. The highest BCUT2D eigenvalue weighted by Crippen LogP contribution is 2.23. The molecule has 6 nitrogen and oxygen atoms in total. The fourth-order valence-electron chi connectivity index (χ4n) is 2.27. The molecule has 1 amide bonds. The summed E-state index contributed by atoms with van der Waals surface area (Å²) in [6.07, 6.45) is 0. The van der Waals surface area contributed by atoms with Gasteiger partial charge in [0.25, 0.3) is 0 Å². The number of aromatic nitrogens is 2. The molecule has 0 aliphatic carbocycles. The van der Waals surface area contributed by atoms with Crippen LogP contribution in [-0.4, -0.2) is 16.4 Å². The molecule has 140 valence electrons. The number of H-pyrrole nitrogens is 1. The second-order valence-corrected chi connectivity index (χ2v) is 8.08. The Morgan fingerprint density at radius 2 is 2.00 bits per heavy atom. The Kier molecular flexibility index (Phi) is 5.81. The van der Waals surface area contributed by atoms with E-state index in [-0.39, 0.29) is 10.7 Å². The van der Waals surface area contributed by atoms with E-state index in [2.05, 4.69) is 26.5 Å². The van der Waals surface area contributed by atoms with E-state index in [4.69, 9.17) is 4.52 Å². The van der Waals surface area contributed by atoms with Gasteiger partial charge < -0.3 is 5.32 Å². The van der Waals surface area contributed by atoms with Gasteiger partial charge in [0.2, 0.25) is 11.6 Å². The zero-order valence-corrected chi connectivity index (χ0v) is 16.9. The molecule has 0 radical (unpaired) electrons. The summed E-state index contributed by atoms with van der Waals surface area (Å²) < 4.78 is 20.8. The van der Waals surface area contributed by atoms with Crippen LogP contribution in [0.25, 0.3) is 5.69 Å². The summed E-state index contributed by atoms with van der Waals surface area (Å²) in [5, 5.41) is 4.62. The van der Waals surface area contributed by atoms with Crippen LogP contribution in [0.4, 0.5) is 10.1 Å². The summed E-state index contributed by atoms with van der Waals surface area (Å²) >= 11 is 4.19. The number of nitrogens with zero attached hydrogens (tertiary/aromatic N) is 1. The molecule has 0 saturated heterocycles. The quantitative estimate of drug-likeness (QED) is 0.458. The van der Waals surface area contributed by atoms with Crippen molar-refractivity contribution >= 4 is 39.3 Å². The third kappa shape index (κ3) is 4.48. The lowest BCUT2D eigenvalue weighted by Gasteiger charge is -2.10. The summed E-state index contributed by atoms with van der Waals surface area (Å²) in [5.41, 5.74) is 1.25. The van der Waals surface area contributed by atoms with E-state index in [0.717, 1.165) is 17.3 Å². The highest BCUT2D eigenvalue weighted by molar-refractivity contribution is 9.10. The fourth-order valence-corrected chi connectivity index (χ4v) is 3.49. The fraction of sp³-hybridized carbons (Fsp3) is 0.167. The minimum Gasteiger partial charge on any atom is -0.323 e. The molecule has 27 heavy (non-hydrogen) atoms. The topological polar surface area (TPSA) is 79.0 Å². The lowest BCUT2D eigenvalue weighted by atomic mass is 10.2. The maximum atomic E-state index is 13.9. The maximum Gasteiger partial charge on any atom is 0.442 e. The van der Waals surface area contributed by atoms with Gasteiger partial charge in [-0.1, -0.05) is 33.6 Å². The van der Waals surface area contributed by atoms with E-state index in [1.54, 1.807) is 13.0 Å². The van der Waals surface area contributed by atoms with Gasteiger partial charge in [0.15, 0.2) is 0 Å². The van der Waals surface area contributed by atoms with Gasteiger partial charge in [0, 0.05) is 16.6 Å². The molecule has 1 atom stereocenters. The molecular weight excluding hydrogens is 437 g/mol. The van der Waals surface area contributed by atoms with Crippen LogP contribution >= 0.6 is 27.7 Å². The molecule has 1 unspecified atom stereocenters. The van der Waals surface area contributed by atoms with Crippen LogP contribution in [-0.2, 0) is 4.79 Å². The molecule has 3 rings (SSSR count). The molecule has 2 aromatic carbocycles. The van der Waals surface area contributed by atoms with Crippen LogP contribution in [0, 0.1) is 12.7 Å². The summed E-state index contributed by atoms with van der Waals surface area (Å²) in [5.74, 6) is -0.983. The van der Waals surface area contributed by atoms with Crippen molar-refractivity contribution in [1.29, 1.82) is 0 Å². The lowest BCUT2D eigenvalue weighted by molar-refractivity contribution is -0.704. The Balaban J connectivity index is 1.78. The van der Waals surface area contributed by atoms with Gasteiger partial charge in [0.05, 0.1) is 10.9 Å². The molecule has 0 saturated carbocycles. The van der Waals surface area contributed by atoms with Gasteiger partial charge >= 0.3 is 10.7 Å². The minimum absolute atomic E-state index is 0.0724. The van der Waals surface area contributed by atoms with Crippen LogP contribution in [0.15, 0.2) is 61.3 Å². The van der Waals surface area contributed by atoms with E-state index in [1.807, 2.05) is 31.2 Å². The molecule has 0 aliphatic rings. The Bertz CT molecular complexity index is 1030. The lowest BCUT2D eigenvalue weighted by Crippen LogP contribution is -2.37. The van der Waals surface area contributed by atoms with Crippen molar-refractivity contribution in [3.63, 3.8) is 0 Å². The number of amides is 1. The Morgan fingerprint density at radius 1 is 1.30 bits per heavy atom. The zero-order valence-electron chi connectivity index (χ0n) is 14.5. The van der Waals surface area contributed by atoms with E-state index in [0.29, 0.717) is 10.2 Å². The van der Waals surface area contributed by atoms with Gasteiger partial charge in [-0.2, -0.15) is 0 Å². The number of carbonyl (C=O) groups excluding carboxylic acids is 1. The van der Waals surface area contributed by atoms with Crippen molar-refractivity contribution in [2.75, 3.05) is 5.32 Å². The highest BCUT2D eigenvalue weighted by atomic mass is 79.9. The third-order valence-corrected chi connectivity index (χ3v) is 5.38. The van der Waals surface area contributed by atoms with Crippen molar-refractivity contribution in [1.82, 2.24) is 5.27 Å². The second kappa shape index (κ2) is 8.10. The van der Waals surface area contributed by atoms with E-state index in [9.17, 15) is 14.0 Å². The Hall–Kier alpha value is -2.39. The highest BCUT2D eigenvalue weighted by Gasteiger charge is 2.29. The number of thioether (sulfide) groups is 1. The Morgan fingerprint density at radius 3 is 2.67 bits per heavy atom. The normalized spacial score (nSPS) is 12.0. The van der Waals surface area contributed by atoms with Crippen molar-refractivity contribution in [3.05, 3.63) is 68.7 Å². The molecule has 0 fully saturated rings. The van der Waals surface area contributed by atoms with E-state index in [1.165, 1.54) is 16.8 Å². The number of rotatable bonds is 5. The van der Waals surface area contributed by atoms with Gasteiger partial charge in [-0.3, -0.25) is 9.32 Å². The van der Waals surface area contributed by atoms with Crippen molar-refractivity contribution in [3.8, 4) is 5.69 Å². The summed E-state index contributed by atoms with van der Waals surface area (Å²) in [6.45, 7) is 3.58. The molecule has 1 aromatic heterocycles. The number of hydrogen-bond donors (Lipinski definition) is 2. The SMILES string of the molecule is Cc1ccc(-[n+]2[nH]oc(=O)c2SC(C)C(=O)Nc2ccc(Br)cc2F)cc1. The average Bonchev–Trinajstić information content (AvgIpc) is 2.98. The number of anilines is 1. The van der Waals surface area contributed by atoms with Gasteiger partial charge in [-0.15, -0.1) is 0 Å². The number of carbonyl (C=O) groups is 1. The van der Waals surface area contributed by atoms with Crippen molar-refractivity contribution < 1.29 is 18.4 Å². The first-order chi connectivity index (χ1) is 12.8. The van der Waals surface area contributed by atoms with Crippen LogP contribution in [0.2, 0.25) is 0 Å². The van der Waals surface area contributed by atoms with Crippen molar-refractivity contribution in [2.45, 2.75) is 24.1 Å². The predicted octanol–water partition coefficient (Wildman–Crippen LogP) is 3.57. The van der Waals surface area contributed by atoms with Crippen LogP contribution in [0.1, 0.15) is 12.5 Å². The number of aryl methyl sites for hydroxylation is 1. The molecule has 2 N–H and O–H groups in total. The first-order valence-electron chi connectivity index (χ1n) is 7.98. The molecule has 0 aliphatic heterocycles. The van der Waals surface area contributed by atoms with Crippen LogP contribution < -0.4 is 15.6 Å². The third-order valence-electron chi connectivity index (χ3n) is 3.75. The number of benzene rings is 2. The summed E-state index contributed by atoms with van der Waals surface area (Å²) in [6, 6.07) is 11.8. The van der Waals surface area contributed by atoms with Gasteiger partial charge in [-0.25, -0.2) is 9.18 Å². The standard InChI is InChI=1S/C18H15BrFN3O3S/c1-10-3-6-13(7-4-10)23-17(18(25)26-22-23)27-11(2)16(24)21-15-8-5-12(19)9-14(15)20/h3-9,11H,1-2H3,(H-,21,22,24,25)/p+1. The number of halogens is 2. The number of nitrogens with one attached hydrogen (secondary N) is 2. The van der Waals surface area contributed by atoms with Gasteiger partial charge in [0.1, 0.15) is 5.82 Å². The molecule has 9 heteroatoms. The van der Waals surface area contributed by atoms with E-state index >= 15 is 0 Å². The number of hydrogen-bond acceptors (Lipinski definition) is 4. The second-order valence-electron chi connectivity index (χ2n) is 5.83. The smallest absolute Gasteiger partial charge is 0.323 e. The first kappa shape index (κ1) is 19.4. The van der Waals surface area contributed by atoms with E-state index < -0.39 is 22.6 Å². The van der Waals surface area contributed by atoms with Crippen LogP contribution in [0.5, 0.6) is 0 Å². The molecule has 0 spiro atoms.